The molecule has 0 radical (unpaired) electrons. The smallest absolute Gasteiger partial charge is 0.416 e. The fourth-order valence-electron chi connectivity index (χ4n) is 8.11. The molecule has 2 aromatic rings. The molecule has 2 aromatic carbocycles. The Balaban J connectivity index is 0.00000336. The van der Waals surface area contributed by atoms with Crippen LogP contribution in [0.3, 0.4) is 0 Å². The van der Waals surface area contributed by atoms with Crippen molar-refractivity contribution in [2.24, 2.45) is 23.2 Å². The molecule has 0 N–H and O–H groups in total. The van der Waals surface area contributed by atoms with Gasteiger partial charge in [0.15, 0.2) is 0 Å². The normalized spacial score (nSPS) is 28.4. The molecule has 5 atom stereocenters. The van der Waals surface area contributed by atoms with Gasteiger partial charge in [0, 0.05) is 12.6 Å². The maximum absolute atomic E-state index is 13.4. The second-order valence-electron chi connectivity index (χ2n) is 12.5. The van der Waals surface area contributed by atoms with Crippen LogP contribution < -0.4 is 4.74 Å². The Bertz CT molecular complexity index is 1100. The number of nitrogens with zero attached hydrogens (tertiary/aromatic N) is 1. The number of benzene rings is 2. The van der Waals surface area contributed by atoms with Gasteiger partial charge >= 0.3 is 6.18 Å². The van der Waals surface area contributed by atoms with Gasteiger partial charge in [0.05, 0.1) is 12.7 Å². The number of ether oxygens (including phenoxy) is 1. The van der Waals surface area contributed by atoms with E-state index in [0.29, 0.717) is 36.3 Å². The molecule has 2 nitrogen and oxygen atoms in total. The highest BCUT2D eigenvalue weighted by Gasteiger charge is 2.56. The van der Waals surface area contributed by atoms with Crippen molar-refractivity contribution in [3.8, 4) is 5.75 Å². The Labute approximate surface area is 232 Å². The van der Waals surface area contributed by atoms with E-state index in [2.05, 4.69) is 43.9 Å². The van der Waals surface area contributed by atoms with Crippen molar-refractivity contribution in [2.45, 2.75) is 90.4 Å². The molecule has 0 amide bonds. The molecule has 38 heavy (non-hydrogen) atoms. The average molecular weight is 550 g/mol. The van der Waals surface area contributed by atoms with E-state index in [1.165, 1.54) is 48.9 Å². The van der Waals surface area contributed by atoms with Crippen LogP contribution in [0.1, 0.15) is 87.5 Å². The summed E-state index contributed by atoms with van der Waals surface area (Å²) in [5.74, 6) is 3.52. The van der Waals surface area contributed by atoms with Crippen LogP contribution in [0.5, 0.6) is 5.75 Å². The van der Waals surface area contributed by atoms with Crippen molar-refractivity contribution < 1.29 is 17.9 Å². The zero-order chi connectivity index (χ0) is 26.4. The van der Waals surface area contributed by atoms with Crippen LogP contribution >= 0.6 is 12.4 Å². The van der Waals surface area contributed by atoms with Crippen molar-refractivity contribution in [3.05, 3.63) is 64.7 Å². The Hall–Kier alpha value is -1.72. The van der Waals surface area contributed by atoms with Crippen LogP contribution in [-0.2, 0) is 19.1 Å². The Morgan fingerprint density at radius 2 is 1.84 bits per heavy atom. The number of alkyl halides is 3. The molecular formula is C32H43ClF3NO. The zero-order valence-electron chi connectivity index (χ0n) is 23.2. The van der Waals surface area contributed by atoms with Crippen molar-refractivity contribution in [2.75, 3.05) is 13.7 Å². The van der Waals surface area contributed by atoms with Gasteiger partial charge in [0.25, 0.3) is 0 Å². The summed E-state index contributed by atoms with van der Waals surface area (Å²) in [5, 5.41) is 0. The molecule has 5 rings (SSSR count). The van der Waals surface area contributed by atoms with E-state index in [0.717, 1.165) is 37.1 Å². The van der Waals surface area contributed by atoms with Gasteiger partial charge in [0.2, 0.25) is 0 Å². The van der Waals surface area contributed by atoms with E-state index in [9.17, 15) is 13.2 Å². The van der Waals surface area contributed by atoms with E-state index >= 15 is 0 Å². The van der Waals surface area contributed by atoms with E-state index in [4.69, 9.17) is 4.74 Å². The lowest BCUT2D eigenvalue weighted by Crippen LogP contribution is -2.50. The van der Waals surface area contributed by atoms with Gasteiger partial charge in [-0.05, 0) is 115 Å². The highest BCUT2D eigenvalue weighted by atomic mass is 35.5. The summed E-state index contributed by atoms with van der Waals surface area (Å²) in [6.45, 7) is 8.52. The van der Waals surface area contributed by atoms with Gasteiger partial charge in [-0.2, -0.15) is 13.2 Å². The van der Waals surface area contributed by atoms with Crippen LogP contribution in [-0.4, -0.2) is 24.6 Å². The summed E-state index contributed by atoms with van der Waals surface area (Å²) < 4.78 is 45.8. The fraction of sp³-hybridized carbons (Fsp3) is 0.625. The van der Waals surface area contributed by atoms with Crippen molar-refractivity contribution in [3.63, 3.8) is 0 Å². The molecule has 2 fully saturated rings. The maximum Gasteiger partial charge on any atom is 0.416 e. The minimum atomic E-state index is -4.30. The van der Waals surface area contributed by atoms with E-state index < -0.39 is 11.7 Å². The monoisotopic (exact) mass is 549 g/mol. The first-order valence-electron chi connectivity index (χ1n) is 14.2. The number of methoxy groups -OCH3 is 1. The van der Waals surface area contributed by atoms with Crippen molar-refractivity contribution in [1.29, 1.82) is 0 Å². The molecule has 2 saturated carbocycles. The Morgan fingerprint density at radius 3 is 2.55 bits per heavy atom. The zero-order valence-corrected chi connectivity index (χ0v) is 24.0. The molecule has 6 heteroatoms. The topological polar surface area (TPSA) is 12.5 Å². The summed E-state index contributed by atoms with van der Waals surface area (Å²) >= 11 is 0. The predicted octanol–water partition coefficient (Wildman–Crippen LogP) is 8.91. The van der Waals surface area contributed by atoms with Gasteiger partial charge in [-0.15, -0.1) is 12.4 Å². The molecule has 210 valence electrons. The first-order chi connectivity index (χ1) is 17.6. The van der Waals surface area contributed by atoms with Gasteiger partial charge in [0.1, 0.15) is 5.75 Å². The lowest BCUT2D eigenvalue weighted by Gasteiger charge is -2.52. The number of aryl methyl sites for hydroxylation is 1. The molecule has 0 bridgehead atoms. The molecule has 0 aromatic heterocycles. The van der Waals surface area contributed by atoms with Crippen molar-refractivity contribution in [1.82, 2.24) is 4.90 Å². The minimum Gasteiger partial charge on any atom is -0.497 e. The van der Waals surface area contributed by atoms with Crippen LogP contribution in [0.2, 0.25) is 0 Å². The molecule has 3 aliphatic carbocycles. The second kappa shape index (κ2) is 11.4. The first-order valence-corrected chi connectivity index (χ1v) is 14.2. The third kappa shape index (κ3) is 5.61. The van der Waals surface area contributed by atoms with Crippen LogP contribution in [0, 0.1) is 23.2 Å². The number of fused-ring (bicyclic) bond motifs is 5. The van der Waals surface area contributed by atoms with Gasteiger partial charge < -0.3 is 4.74 Å². The summed E-state index contributed by atoms with van der Waals surface area (Å²) in [6.07, 6.45) is 3.89. The fourth-order valence-corrected chi connectivity index (χ4v) is 8.11. The minimum absolute atomic E-state index is 0. The first kappa shape index (κ1) is 29.3. The summed E-state index contributed by atoms with van der Waals surface area (Å²) in [6, 6.07) is 13.1. The van der Waals surface area contributed by atoms with Gasteiger partial charge in [-0.25, -0.2) is 0 Å². The SMILES string of the molecule is COc1ccc2c(c1)CC[C@@H]1[C@@H]2CC[C@]2(C)[C@@H](N(CCC(C)C)Cc3cccc(C(F)(F)F)c3)CC[C@@H]12.Cl. The highest BCUT2D eigenvalue weighted by Crippen LogP contribution is 2.62. The number of hydrogen-bond acceptors (Lipinski definition) is 2. The molecule has 0 spiro atoms. The number of rotatable bonds is 7. The van der Waals surface area contributed by atoms with Gasteiger partial charge in [-0.1, -0.05) is 45.0 Å². The number of hydrogen-bond donors (Lipinski definition) is 0. The number of halogens is 4. The third-order valence-corrected chi connectivity index (χ3v) is 9.96. The van der Waals surface area contributed by atoms with Crippen molar-refractivity contribution >= 4 is 12.4 Å². The van der Waals surface area contributed by atoms with E-state index in [1.807, 2.05) is 6.07 Å². The van der Waals surface area contributed by atoms with E-state index in [1.54, 1.807) is 13.2 Å². The van der Waals surface area contributed by atoms with Crippen LogP contribution in [0.4, 0.5) is 13.2 Å². The lowest BCUT2D eigenvalue weighted by molar-refractivity contribution is -0.137. The molecule has 0 unspecified atom stereocenters. The average Bonchev–Trinajstić information content (AvgIpc) is 3.22. The molecule has 0 aliphatic heterocycles. The third-order valence-electron chi connectivity index (χ3n) is 9.96. The molecule has 3 aliphatic rings. The Kier molecular flexibility index (Phi) is 8.79. The van der Waals surface area contributed by atoms with Gasteiger partial charge in [-0.3, -0.25) is 4.90 Å². The highest BCUT2D eigenvalue weighted by molar-refractivity contribution is 5.85. The van der Waals surface area contributed by atoms with Crippen LogP contribution in [0.25, 0.3) is 0 Å². The summed E-state index contributed by atoms with van der Waals surface area (Å²) in [5.41, 5.74) is 3.44. The largest absolute Gasteiger partial charge is 0.497 e. The second-order valence-corrected chi connectivity index (χ2v) is 12.5. The molecular weight excluding hydrogens is 507 g/mol. The summed E-state index contributed by atoms with van der Waals surface area (Å²) in [7, 11) is 1.74. The quantitative estimate of drug-likeness (QED) is 0.342. The summed E-state index contributed by atoms with van der Waals surface area (Å²) in [4.78, 5) is 2.55. The standard InChI is InChI=1S/C32H42F3NO.ClH/c1-21(2)15-17-36(20-22-6-5-7-24(18-22)32(33,34)35)30-13-12-29-28-10-8-23-19-25(37-4)9-11-26(23)27(28)14-16-31(29,30)3;/h5-7,9,11,18-19,21,27-30H,8,10,12-17,20H2,1-4H3;1H/t27-,28-,29+,30+,31+;/m1./s1. The lowest BCUT2D eigenvalue weighted by atomic mass is 9.55. The van der Waals surface area contributed by atoms with Crippen LogP contribution in [0.15, 0.2) is 42.5 Å². The van der Waals surface area contributed by atoms with E-state index in [-0.39, 0.29) is 17.8 Å². The predicted molar refractivity (Wildman–Crippen MR) is 150 cm³/mol. The maximum atomic E-state index is 13.4. The molecule has 0 saturated heterocycles. The Morgan fingerprint density at radius 1 is 1.05 bits per heavy atom. The molecule has 0 heterocycles.